The van der Waals surface area contributed by atoms with Crippen LogP contribution in [0.1, 0.15) is 6.42 Å². The first-order chi connectivity index (χ1) is 5.81. The van der Waals surface area contributed by atoms with Gasteiger partial charge in [0.2, 0.25) is 0 Å². The van der Waals surface area contributed by atoms with E-state index in [2.05, 4.69) is 0 Å². The Bertz CT molecular complexity index is 93.1. The molecular weight excluding hydrogens is 174 g/mol. The van der Waals surface area contributed by atoms with Gasteiger partial charge in [0.25, 0.3) is 0 Å². The Labute approximate surface area is 79.0 Å². The third-order valence-corrected chi connectivity index (χ3v) is 2.59. The van der Waals surface area contributed by atoms with E-state index in [-0.39, 0.29) is 6.04 Å². The van der Waals surface area contributed by atoms with E-state index in [1.165, 1.54) is 0 Å². The van der Waals surface area contributed by atoms with E-state index in [1.807, 2.05) is 11.8 Å². The second-order valence-electron chi connectivity index (χ2n) is 2.64. The van der Waals surface area contributed by atoms with Gasteiger partial charge in [0.05, 0.1) is 6.61 Å². The Morgan fingerprint density at radius 1 is 1.33 bits per heavy atom. The molecule has 0 aromatic heterocycles. The van der Waals surface area contributed by atoms with Crippen LogP contribution in [-0.2, 0) is 9.47 Å². The number of hydrogen-bond donors (Lipinski definition) is 1. The number of hydrogen-bond acceptors (Lipinski definition) is 4. The lowest BCUT2D eigenvalue weighted by molar-refractivity contribution is 0.186. The van der Waals surface area contributed by atoms with E-state index in [4.69, 9.17) is 15.2 Å². The minimum absolute atomic E-state index is 0.169. The van der Waals surface area contributed by atoms with Crippen molar-refractivity contribution in [3.05, 3.63) is 0 Å². The highest BCUT2D eigenvalue weighted by Gasteiger charge is 2.00. The van der Waals surface area contributed by atoms with Crippen LogP contribution in [0, 0.1) is 0 Å². The normalized spacial score (nSPS) is 13.2. The van der Waals surface area contributed by atoms with Gasteiger partial charge in [0.1, 0.15) is 0 Å². The van der Waals surface area contributed by atoms with E-state index < -0.39 is 0 Å². The second kappa shape index (κ2) is 9.32. The van der Waals surface area contributed by atoms with Gasteiger partial charge < -0.3 is 15.2 Å². The predicted octanol–water partition coefficient (Wildman–Crippen LogP) is 0.730. The molecule has 0 spiro atoms. The van der Waals surface area contributed by atoms with Crippen molar-refractivity contribution in [2.75, 3.05) is 38.9 Å². The standard InChI is InChI=1S/C8H19NO2S/c1-10-4-3-5-12-7-8(9)6-11-2/h8H,3-7,9H2,1-2H3. The third-order valence-electron chi connectivity index (χ3n) is 1.35. The maximum Gasteiger partial charge on any atom is 0.0621 e. The molecule has 4 heteroatoms. The Hall–Kier alpha value is 0.230. The highest BCUT2D eigenvalue weighted by molar-refractivity contribution is 7.99. The molecule has 1 unspecified atom stereocenters. The third kappa shape index (κ3) is 8.33. The maximum atomic E-state index is 5.72. The van der Waals surface area contributed by atoms with Crippen LogP contribution in [0.5, 0.6) is 0 Å². The Balaban J connectivity index is 2.97. The van der Waals surface area contributed by atoms with Gasteiger partial charge in [-0.15, -0.1) is 0 Å². The summed E-state index contributed by atoms with van der Waals surface area (Å²) in [6.07, 6.45) is 1.10. The molecule has 0 aliphatic rings. The summed E-state index contributed by atoms with van der Waals surface area (Å²) >= 11 is 1.86. The summed E-state index contributed by atoms with van der Waals surface area (Å²) < 4.78 is 9.85. The summed E-state index contributed by atoms with van der Waals surface area (Å²) in [5.41, 5.74) is 5.72. The highest BCUT2D eigenvalue weighted by atomic mass is 32.2. The van der Waals surface area contributed by atoms with E-state index in [0.717, 1.165) is 24.5 Å². The van der Waals surface area contributed by atoms with Gasteiger partial charge in [-0.1, -0.05) is 0 Å². The quantitative estimate of drug-likeness (QED) is 0.577. The van der Waals surface area contributed by atoms with Crippen molar-refractivity contribution in [2.24, 2.45) is 5.73 Å². The number of thioether (sulfide) groups is 1. The van der Waals surface area contributed by atoms with Crippen LogP contribution in [0.4, 0.5) is 0 Å². The molecule has 0 saturated carbocycles. The van der Waals surface area contributed by atoms with Crippen LogP contribution in [0.25, 0.3) is 0 Å². The topological polar surface area (TPSA) is 44.5 Å². The number of rotatable bonds is 8. The molecule has 1 atom stereocenters. The molecule has 74 valence electrons. The van der Waals surface area contributed by atoms with Crippen molar-refractivity contribution in [2.45, 2.75) is 12.5 Å². The Kier molecular flexibility index (Phi) is 9.50. The fourth-order valence-electron chi connectivity index (χ4n) is 0.802. The molecule has 0 fully saturated rings. The number of methoxy groups -OCH3 is 2. The first-order valence-corrected chi connectivity index (χ1v) is 5.28. The fourth-order valence-corrected chi connectivity index (χ4v) is 1.69. The number of nitrogens with two attached hydrogens (primary N) is 1. The van der Waals surface area contributed by atoms with Gasteiger partial charge in [-0.25, -0.2) is 0 Å². The van der Waals surface area contributed by atoms with E-state index in [0.29, 0.717) is 6.61 Å². The summed E-state index contributed by atoms with van der Waals surface area (Å²) in [7, 11) is 3.40. The van der Waals surface area contributed by atoms with Crippen molar-refractivity contribution in [1.82, 2.24) is 0 Å². The van der Waals surface area contributed by atoms with Gasteiger partial charge in [0, 0.05) is 32.6 Å². The smallest absolute Gasteiger partial charge is 0.0621 e. The van der Waals surface area contributed by atoms with Crippen molar-refractivity contribution < 1.29 is 9.47 Å². The molecule has 0 aliphatic heterocycles. The summed E-state index contributed by atoms with van der Waals surface area (Å²) in [6.45, 7) is 1.49. The lowest BCUT2D eigenvalue weighted by Crippen LogP contribution is -2.28. The van der Waals surface area contributed by atoms with Gasteiger partial charge in [-0.3, -0.25) is 0 Å². The summed E-state index contributed by atoms with van der Waals surface area (Å²) in [5, 5.41) is 0. The molecule has 0 aromatic carbocycles. The van der Waals surface area contributed by atoms with E-state index in [9.17, 15) is 0 Å². The van der Waals surface area contributed by atoms with Crippen molar-refractivity contribution in [3.8, 4) is 0 Å². The molecule has 0 amide bonds. The zero-order chi connectivity index (χ0) is 9.23. The Morgan fingerprint density at radius 3 is 2.67 bits per heavy atom. The van der Waals surface area contributed by atoms with Crippen molar-refractivity contribution in [1.29, 1.82) is 0 Å². The zero-order valence-corrected chi connectivity index (χ0v) is 8.73. The first kappa shape index (κ1) is 12.2. The minimum Gasteiger partial charge on any atom is -0.385 e. The molecule has 3 nitrogen and oxygen atoms in total. The molecule has 0 rings (SSSR count). The van der Waals surface area contributed by atoms with Crippen LogP contribution in [0.15, 0.2) is 0 Å². The van der Waals surface area contributed by atoms with Crippen LogP contribution in [0.2, 0.25) is 0 Å². The van der Waals surface area contributed by atoms with E-state index >= 15 is 0 Å². The molecule has 12 heavy (non-hydrogen) atoms. The van der Waals surface area contributed by atoms with Gasteiger partial charge in [-0.05, 0) is 12.2 Å². The molecule has 0 aromatic rings. The van der Waals surface area contributed by atoms with Gasteiger partial charge in [0.15, 0.2) is 0 Å². The van der Waals surface area contributed by atoms with Crippen LogP contribution >= 0.6 is 11.8 Å². The first-order valence-electron chi connectivity index (χ1n) is 4.12. The fraction of sp³-hybridized carbons (Fsp3) is 1.00. The SMILES string of the molecule is COCCCSCC(N)COC. The second-order valence-corrected chi connectivity index (χ2v) is 3.79. The summed E-state index contributed by atoms with van der Waals surface area (Å²) in [4.78, 5) is 0. The summed E-state index contributed by atoms with van der Waals surface area (Å²) in [6, 6.07) is 0.169. The molecule has 0 saturated heterocycles. The van der Waals surface area contributed by atoms with Crippen molar-refractivity contribution in [3.63, 3.8) is 0 Å². The number of ether oxygens (including phenoxy) is 2. The molecule has 0 aliphatic carbocycles. The maximum absolute atomic E-state index is 5.72. The lowest BCUT2D eigenvalue weighted by Gasteiger charge is -2.09. The molecular formula is C8H19NO2S. The zero-order valence-electron chi connectivity index (χ0n) is 7.91. The van der Waals surface area contributed by atoms with Gasteiger partial charge >= 0.3 is 0 Å². The van der Waals surface area contributed by atoms with Crippen molar-refractivity contribution >= 4 is 11.8 Å². The molecule has 0 heterocycles. The Morgan fingerprint density at radius 2 is 2.08 bits per heavy atom. The highest BCUT2D eigenvalue weighted by Crippen LogP contribution is 2.03. The van der Waals surface area contributed by atoms with E-state index in [1.54, 1.807) is 14.2 Å². The minimum atomic E-state index is 0.169. The molecule has 2 N–H and O–H groups in total. The molecule has 0 bridgehead atoms. The average molecular weight is 193 g/mol. The van der Waals surface area contributed by atoms with Crippen LogP contribution in [0.3, 0.4) is 0 Å². The lowest BCUT2D eigenvalue weighted by atomic mass is 10.4. The summed E-state index contributed by atoms with van der Waals surface area (Å²) in [5.74, 6) is 2.09. The predicted molar refractivity (Wildman–Crippen MR) is 53.7 cm³/mol. The van der Waals surface area contributed by atoms with Gasteiger partial charge in [-0.2, -0.15) is 11.8 Å². The average Bonchev–Trinajstić information content (AvgIpc) is 2.05. The van der Waals surface area contributed by atoms with Crippen LogP contribution < -0.4 is 5.73 Å². The monoisotopic (exact) mass is 193 g/mol. The largest absolute Gasteiger partial charge is 0.385 e. The molecule has 0 radical (unpaired) electrons. The van der Waals surface area contributed by atoms with Crippen LogP contribution in [-0.4, -0.2) is 45.0 Å².